The number of rotatable bonds is 8. The van der Waals surface area contributed by atoms with E-state index >= 15 is 0 Å². The van der Waals surface area contributed by atoms with Crippen LogP contribution in [0.1, 0.15) is 36.8 Å². The van der Waals surface area contributed by atoms with Crippen LogP contribution in [0.3, 0.4) is 0 Å². The van der Waals surface area contributed by atoms with Crippen molar-refractivity contribution in [2.24, 2.45) is 0 Å². The molecular formula is C23H24N2O5. The van der Waals surface area contributed by atoms with Gasteiger partial charge in [0.2, 0.25) is 5.82 Å². The molecule has 2 aromatic carbocycles. The van der Waals surface area contributed by atoms with Gasteiger partial charge < -0.3 is 18.7 Å². The van der Waals surface area contributed by atoms with Crippen LogP contribution in [0.15, 0.2) is 53.1 Å². The molecule has 0 amide bonds. The van der Waals surface area contributed by atoms with Crippen LogP contribution in [0.2, 0.25) is 0 Å². The number of ether oxygens (including phenoxy) is 3. The molecule has 30 heavy (non-hydrogen) atoms. The van der Waals surface area contributed by atoms with Crippen LogP contribution in [0.25, 0.3) is 17.5 Å². The molecule has 0 saturated heterocycles. The van der Waals surface area contributed by atoms with Gasteiger partial charge in [-0.25, -0.2) is 4.79 Å². The number of carbonyl (C=O) groups is 1. The van der Waals surface area contributed by atoms with Gasteiger partial charge in [-0.1, -0.05) is 43.3 Å². The average molecular weight is 408 g/mol. The summed E-state index contributed by atoms with van der Waals surface area (Å²) < 4.78 is 20.8. The quantitative estimate of drug-likeness (QED) is 0.397. The smallest absolute Gasteiger partial charge is 0.331 e. The van der Waals surface area contributed by atoms with Gasteiger partial charge in [0.15, 0.2) is 18.1 Å². The summed E-state index contributed by atoms with van der Waals surface area (Å²) >= 11 is 0. The molecule has 0 aliphatic carbocycles. The van der Waals surface area contributed by atoms with Gasteiger partial charge in [0.1, 0.15) is 0 Å². The van der Waals surface area contributed by atoms with Gasteiger partial charge in [0, 0.05) is 11.6 Å². The SMILES string of the molecule is COc1ccc(-c2noc(COC(=O)/C=C/c3ccc(C(C)C)cc3)n2)cc1OC. The van der Waals surface area contributed by atoms with Crippen LogP contribution >= 0.6 is 0 Å². The summed E-state index contributed by atoms with van der Waals surface area (Å²) in [4.78, 5) is 16.2. The number of hydrogen-bond acceptors (Lipinski definition) is 7. The zero-order valence-electron chi connectivity index (χ0n) is 17.4. The van der Waals surface area contributed by atoms with E-state index in [1.54, 1.807) is 38.5 Å². The summed E-state index contributed by atoms with van der Waals surface area (Å²) in [6.07, 6.45) is 3.07. The van der Waals surface area contributed by atoms with E-state index < -0.39 is 5.97 Å². The molecule has 0 atom stereocenters. The second-order valence-electron chi connectivity index (χ2n) is 6.84. The van der Waals surface area contributed by atoms with Crippen molar-refractivity contribution in [3.63, 3.8) is 0 Å². The van der Waals surface area contributed by atoms with E-state index in [1.807, 2.05) is 24.3 Å². The number of aromatic nitrogens is 2. The number of benzene rings is 2. The Hall–Kier alpha value is -3.61. The highest BCUT2D eigenvalue weighted by Crippen LogP contribution is 2.31. The van der Waals surface area contributed by atoms with Gasteiger partial charge in [-0.2, -0.15) is 4.98 Å². The fourth-order valence-electron chi connectivity index (χ4n) is 2.74. The lowest BCUT2D eigenvalue weighted by Gasteiger charge is -2.07. The van der Waals surface area contributed by atoms with E-state index in [1.165, 1.54) is 11.6 Å². The highest BCUT2D eigenvalue weighted by molar-refractivity contribution is 5.87. The Balaban J connectivity index is 1.58. The van der Waals surface area contributed by atoms with Crippen LogP contribution in [-0.4, -0.2) is 30.3 Å². The molecule has 1 heterocycles. The molecule has 0 radical (unpaired) electrons. The van der Waals surface area contributed by atoms with Crippen molar-refractivity contribution in [3.05, 3.63) is 65.6 Å². The molecule has 0 aliphatic heterocycles. The topological polar surface area (TPSA) is 83.7 Å². The monoisotopic (exact) mass is 408 g/mol. The third-order valence-electron chi connectivity index (χ3n) is 4.46. The van der Waals surface area contributed by atoms with E-state index in [0.29, 0.717) is 28.8 Å². The predicted molar refractivity (Wildman–Crippen MR) is 112 cm³/mol. The molecule has 7 heteroatoms. The van der Waals surface area contributed by atoms with E-state index in [-0.39, 0.29) is 12.5 Å². The predicted octanol–water partition coefficient (Wildman–Crippen LogP) is 4.63. The molecule has 0 unspecified atom stereocenters. The van der Waals surface area contributed by atoms with Crippen molar-refractivity contribution in [2.45, 2.75) is 26.4 Å². The minimum absolute atomic E-state index is 0.115. The largest absolute Gasteiger partial charge is 0.493 e. The lowest BCUT2D eigenvalue weighted by Crippen LogP contribution is -2.01. The van der Waals surface area contributed by atoms with E-state index in [2.05, 4.69) is 24.0 Å². The second kappa shape index (κ2) is 9.73. The normalized spacial score (nSPS) is 11.1. The Labute approximate surface area is 175 Å². The number of hydrogen-bond donors (Lipinski definition) is 0. The summed E-state index contributed by atoms with van der Waals surface area (Å²) in [5, 5.41) is 3.92. The highest BCUT2D eigenvalue weighted by Gasteiger charge is 2.13. The summed E-state index contributed by atoms with van der Waals surface area (Å²) in [6.45, 7) is 4.16. The minimum Gasteiger partial charge on any atom is -0.493 e. The molecule has 0 fully saturated rings. The van der Waals surface area contributed by atoms with E-state index in [4.69, 9.17) is 18.7 Å². The summed E-state index contributed by atoms with van der Waals surface area (Å²) in [6, 6.07) is 13.3. The third-order valence-corrected chi connectivity index (χ3v) is 4.46. The number of esters is 1. The first-order valence-corrected chi connectivity index (χ1v) is 9.50. The Morgan fingerprint density at radius 3 is 2.47 bits per heavy atom. The van der Waals surface area contributed by atoms with E-state index in [0.717, 1.165) is 5.56 Å². The molecular weight excluding hydrogens is 384 g/mol. The molecule has 0 aliphatic rings. The van der Waals surface area contributed by atoms with Crippen molar-refractivity contribution in [3.8, 4) is 22.9 Å². The molecule has 1 aromatic heterocycles. The van der Waals surface area contributed by atoms with Gasteiger partial charge in [0.05, 0.1) is 14.2 Å². The van der Waals surface area contributed by atoms with Gasteiger partial charge in [-0.05, 0) is 41.3 Å². The molecule has 0 spiro atoms. The van der Waals surface area contributed by atoms with Crippen molar-refractivity contribution in [1.29, 1.82) is 0 Å². The first-order chi connectivity index (χ1) is 14.5. The van der Waals surface area contributed by atoms with Crippen molar-refractivity contribution < 1.29 is 23.5 Å². The van der Waals surface area contributed by atoms with Gasteiger partial charge >= 0.3 is 5.97 Å². The first-order valence-electron chi connectivity index (χ1n) is 9.50. The standard InChI is InChI=1S/C23H24N2O5/c1-15(2)17-8-5-16(6-9-17)7-12-22(26)29-14-21-24-23(25-30-21)18-10-11-19(27-3)20(13-18)28-4/h5-13,15H,14H2,1-4H3/b12-7+. The fraction of sp³-hybridized carbons (Fsp3) is 0.261. The van der Waals surface area contributed by atoms with Crippen LogP contribution in [0.5, 0.6) is 11.5 Å². The zero-order chi connectivity index (χ0) is 21.5. The van der Waals surface area contributed by atoms with Crippen LogP contribution in [0, 0.1) is 0 Å². The zero-order valence-corrected chi connectivity index (χ0v) is 17.4. The fourth-order valence-corrected chi connectivity index (χ4v) is 2.74. The van der Waals surface area contributed by atoms with Gasteiger partial charge in [0.25, 0.3) is 5.89 Å². The maximum absolute atomic E-state index is 12.0. The Bertz CT molecular complexity index is 1020. The maximum atomic E-state index is 12.0. The van der Waals surface area contributed by atoms with Gasteiger partial charge in [-0.15, -0.1) is 0 Å². The molecule has 0 N–H and O–H groups in total. The summed E-state index contributed by atoms with van der Waals surface area (Å²) in [7, 11) is 3.11. The molecule has 7 nitrogen and oxygen atoms in total. The molecule has 0 bridgehead atoms. The number of carbonyl (C=O) groups excluding carboxylic acids is 1. The molecule has 0 saturated carbocycles. The van der Waals surface area contributed by atoms with Crippen molar-refractivity contribution in [2.75, 3.05) is 14.2 Å². The Morgan fingerprint density at radius 2 is 1.80 bits per heavy atom. The maximum Gasteiger partial charge on any atom is 0.331 e. The van der Waals surface area contributed by atoms with Gasteiger partial charge in [-0.3, -0.25) is 0 Å². The summed E-state index contributed by atoms with van der Waals surface area (Å²) in [5.41, 5.74) is 2.86. The van der Waals surface area contributed by atoms with Crippen LogP contribution in [-0.2, 0) is 16.1 Å². The van der Waals surface area contributed by atoms with Crippen molar-refractivity contribution >= 4 is 12.0 Å². The summed E-state index contributed by atoms with van der Waals surface area (Å²) in [5.74, 6) is 1.69. The number of methoxy groups -OCH3 is 2. The lowest BCUT2D eigenvalue weighted by atomic mass is 10.0. The molecule has 156 valence electrons. The average Bonchev–Trinajstić information content (AvgIpc) is 3.25. The van der Waals surface area contributed by atoms with Crippen LogP contribution < -0.4 is 9.47 Å². The van der Waals surface area contributed by atoms with E-state index in [9.17, 15) is 4.79 Å². The second-order valence-corrected chi connectivity index (χ2v) is 6.84. The Morgan fingerprint density at radius 1 is 1.07 bits per heavy atom. The number of nitrogens with zero attached hydrogens (tertiary/aromatic N) is 2. The minimum atomic E-state index is -0.492. The van der Waals surface area contributed by atoms with Crippen molar-refractivity contribution in [1.82, 2.24) is 10.1 Å². The molecule has 3 rings (SSSR count). The highest BCUT2D eigenvalue weighted by atomic mass is 16.6. The third kappa shape index (κ3) is 5.26. The van der Waals surface area contributed by atoms with Crippen LogP contribution in [0.4, 0.5) is 0 Å². The molecule has 3 aromatic rings. The first kappa shape index (κ1) is 21.1. The Kier molecular flexibility index (Phi) is 6.85. The lowest BCUT2D eigenvalue weighted by molar-refractivity contribution is -0.139.